The Kier molecular flexibility index (Phi) is 6.82. The molecule has 2 aromatic rings. The van der Waals surface area contributed by atoms with Gasteiger partial charge in [0.15, 0.2) is 11.5 Å². The van der Waals surface area contributed by atoms with Crippen LogP contribution in [0.5, 0.6) is 28.7 Å². The molecular weight excluding hydrogens is 436 g/mol. The molecule has 0 saturated carbocycles. The van der Waals surface area contributed by atoms with Crippen LogP contribution in [0.2, 0.25) is 0 Å². The summed E-state index contributed by atoms with van der Waals surface area (Å²) in [5.74, 6) is 1.50. The van der Waals surface area contributed by atoms with Gasteiger partial charge in [-0.2, -0.15) is 0 Å². The number of methoxy groups -OCH3 is 2. The SMILES string of the molecule is COc1ccc([C@@H]2COc3cc(O[C@@H]4O[C@H](CO)[C@@H](O)[C@H](O)[C@H]4O)ccc3C2)c(O)c1OC. The second-order valence-corrected chi connectivity index (χ2v) is 8.04. The number of hydrogen-bond donors (Lipinski definition) is 5. The van der Waals surface area contributed by atoms with Gasteiger partial charge in [0.05, 0.1) is 27.4 Å². The monoisotopic (exact) mass is 464 g/mol. The molecule has 5 N–H and O–H groups in total. The summed E-state index contributed by atoms with van der Waals surface area (Å²) in [5.41, 5.74) is 1.57. The van der Waals surface area contributed by atoms with Gasteiger partial charge in [0, 0.05) is 17.5 Å². The number of phenolic OH excluding ortho intramolecular Hbond substituents is 1. The third-order valence-corrected chi connectivity index (χ3v) is 6.04. The van der Waals surface area contributed by atoms with Crippen LogP contribution in [0.3, 0.4) is 0 Å². The van der Waals surface area contributed by atoms with Gasteiger partial charge in [-0.1, -0.05) is 12.1 Å². The highest BCUT2D eigenvalue weighted by Crippen LogP contribution is 2.44. The third kappa shape index (κ3) is 4.40. The highest BCUT2D eigenvalue weighted by molar-refractivity contribution is 5.57. The molecule has 1 saturated heterocycles. The summed E-state index contributed by atoms with van der Waals surface area (Å²) in [7, 11) is 2.96. The average molecular weight is 464 g/mol. The van der Waals surface area contributed by atoms with E-state index >= 15 is 0 Å². The highest BCUT2D eigenvalue weighted by atomic mass is 16.7. The quantitative estimate of drug-likeness (QED) is 0.405. The fraction of sp³-hybridized carbons (Fsp3) is 0.478. The number of fused-ring (bicyclic) bond motifs is 1. The standard InChI is InChI=1S/C23H28O10/c1-29-15-6-5-14(18(25)22(15)30-2)12-7-11-3-4-13(8-16(11)31-10-12)32-23-21(28)20(27)19(26)17(9-24)33-23/h3-6,8,12,17,19-21,23-28H,7,9-10H2,1-2H3/t12-,17+,19+,20-,21+,23+/m0/s1. The van der Waals surface area contributed by atoms with E-state index in [4.69, 9.17) is 23.7 Å². The summed E-state index contributed by atoms with van der Waals surface area (Å²) in [6.45, 7) is -0.234. The molecule has 0 spiro atoms. The maximum absolute atomic E-state index is 10.7. The number of aliphatic hydroxyl groups is 4. The van der Waals surface area contributed by atoms with E-state index in [0.29, 0.717) is 35.8 Å². The van der Waals surface area contributed by atoms with E-state index in [1.165, 1.54) is 14.2 Å². The zero-order chi connectivity index (χ0) is 23.7. The lowest BCUT2D eigenvalue weighted by Gasteiger charge is -2.39. The lowest BCUT2D eigenvalue weighted by Crippen LogP contribution is -2.60. The minimum atomic E-state index is -1.52. The van der Waals surface area contributed by atoms with Gasteiger partial charge in [-0.25, -0.2) is 0 Å². The molecule has 2 aliphatic heterocycles. The third-order valence-electron chi connectivity index (χ3n) is 6.04. The molecule has 2 heterocycles. The fourth-order valence-corrected chi connectivity index (χ4v) is 4.18. The molecule has 0 radical (unpaired) electrons. The summed E-state index contributed by atoms with van der Waals surface area (Å²) < 4.78 is 27.5. The topological polar surface area (TPSA) is 147 Å². The molecule has 2 aliphatic rings. The van der Waals surface area contributed by atoms with E-state index in [2.05, 4.69) is 0 Å². The van der Waals surface area contributed by atoms with Crippen molar-refractivity contribution in [2.24, 2.45) is 0 Å². The van der Waals surface area contributed by atoms with Crippen molar-refractivity contribution >= 4 is 0 Å². The second kappa shape index (κ2) is 9.62. The Bertz CT molecular complexity index is 978. The lowest BCUT2D eigenvalue weighted by molar-refractivity contribution is -0.277. The van der Waals surface area contributed by atoms with Crippen molar-refractivity contribution in [3.05, 3.63) is 41.5 Å². The van der Waals surface area contributed by atoms with Crippen molar-refractivity contribution in [3.63, 3.8) is 0 Å². The normalized spacial score (nSPS) is 29.0. The summed E-state index contributed by atoms with van der Waals surface area (Å²) in [5, 5.41) is 50.0. The summed E-state index contributed by atoms with van der Waals surface area (Å²) in [6, 6.07) is 8.63. The van der Waals surface area contributed by atoms with Crippen LogP contribution in [-0.2, 0) is 11.2 Å². The smallest absolute Gasteiger partial charge is 0.229 e. The molecule has 4 rings (SSSR count). The molecule has 6 atom stereocenters. The Morgan fingerprint density at radius 3 is 2.48 bits per heavy atom. The minimum Gasteiger partial charge on any atom is -0.504 e. The predicted molar refractivity (Wildman–Crippen MR) is 114 cm³/mol. The number of aliphatic hydroxyl groups excluding tert-OH is 4. The molecule has 180 valence electrons. The van der Waals surface area contributed by atoms with Crippen LogP contribution in [0.15, 0.2) is 30.3 Å². The van der Waals surface area contributed by atoms with E-state index in [-0.39, 0.29) is 17.4 Å². The lowest BCUT2D eigenvalue weighted by atomic mass is 9.89. The second-order valence-electron chi connectivity index (χ2n) is 8.04. The summed E-state index contributed by atoms with van der Waals surface area (Å²) in [6.07, 6.45) is -6.22. The van der Waals surface area contributed by atoms with Gasteiger partial charge in [0.2, 0.25) is 12.0 Å². The van der Waals surface area contributed by atoms with Gasteiger partial charge >= 0.3 is 0 Å². The van der Waals surface area contributed by atoms with Gasteiger partial charge in [-0.3, -0.25) is 0 Å². The van der Waals surface area contributed by atoms with Crippen LogP contribution in [0.25, 0.3) is 0 Å². The first-order valence-corrected chi connectivity index (χ1v) is 10.5. The minimum absolute atomic E-state index is 0.0106. The Labute approximate surface area is 190 Å². The summed E-state index contributed by atoms with van der Waals surface area (Å²) in [4.78, 5) is 0. The number of ether oxygens (including phenoxy) is 5. The maximum Gasteiger partial charge on any atom is 0.229 e. The molecule has 0 bridgehead atoms. The van der Waals surface area contributed by atoms with E-state index in [9.17, 15) is 25.5 Å². The highest BCUT2D eigenvalue weighted by Gasteiger charge is 2.44. The average Bonchev–Trinajstić information content (AvgIpc) is 2.83. The van der Waals surface area contributed by atoms with Crippen molar-refractivity contribution < 1.29 is 49.2 Å². The van der Waals surface area contributed by atoms with Crippen LogP contribution >= 0.6 is 0 Å². The Balaban J connectivity index is 1.50. The number of hydrogen-bond acceptors (Lipinski definition) is 10. The van der Waals surface area contributed by atoms with Crippen molar-refractivity contribution in [2.45, 2.75) is 43.0 Å². The van der Waals surface area contributed by atoms with Crippen molar-refractivity contribution in [1.82, 2.24) is 0 Å². The van der Waals surface area contributed by atoms with Gasteiger partial charge in [0.1, 0.15) is 35.9 Å². The number of rotatable bonds is 6. The first kappa shape index (κ1) is 23.4. The first-order chi connectivity index (χ1) is 15.9. The first-order valence-electron chi connectivity index (χ1n) is 10.5. The van der Waals surface area contributed by atoms with E-state index in [1.807, 2.05) is 0 Å². The fourth-order valence-electron chi connectivity index (χ4n) is 4.18. The Morgan fingerprint density at radius 1 is 1.00 bits per heavy atom. The van der Waals surface area contributed by atoms with Crippen LogP contribution in [0.4, 0.5) is 0 Å². The summed E-state index contributed by atoms with van der Waals surface area (Å²) >= 11 is 0. The van der Waals surface area contributed by atoms with Crippen LogP contribution in [0.1, 0.15) is 17.0 Å². The largest absolute Gasteiger partial charge is 0.504 e. The number of phenols is 1. The van der Waals surface area contributed by atoms with E-state index < -0.39 is 37.3 Å². The number of benzene rings is 2. The van der Waals surface area contributed by atoms with Crippen LogP contribution in [-0.4, -0.2) is 83.7 Å². The molecule has 0 aromatic heterocycles. The Hall–Kier alpha value is -2.76. The molecule has 10 nitrogen and oxygen atoms in total. The van der Waals surface area contributed by atoms with E-state index in [1.54, 1.807) is 30.3 Å². The molecule has 0 amide bonds. The molecular formula is C23H28O10. The van der Waals surface area contributed by atoms with Crippen molar-refractivity contribution in [3.8, 4) is 28.7 Å². The molecule has 0 aliphatic carbocycles. The molecule has 2 aromatic carbocycles. The van der Waals surface area contributed by atoms with Crippen LogP contribution in [0, 0.1) is 0 Å². The zero-order valence-electron chi connectivity index (χ0n) is 18.2. The van der Waals surface area contributed by atoms with E-state index in [0.717, 1.165) is 5.56 Å². The number of aromatic hydroxyl groups is 1. The molecule has 1 fully saturated rings. The molecule has 33 heavy (non-hydrogen) atoms. The zero-order valence-corrected chi connectivity index (χ0v) is 18.2. The Morgan fingerprint density at radius 2 is 1.79 bits per heavy atom. The molecule has 0 unspecified atom stereocenters. The van der Waals surface area contributed by atoms with Crippen LogP contribution < -0.4 is 18.9 Å². The maximum atomic E-state index is 10.7. The molecule has 10 heteroatoms. The van der Waals surface area contributed by atoms with Crippen molar-refractivity contribution in [1.29, 1.82) is 0 Å². The van der Waals surface area contributed by atoms with Gasteiger partial charge < -0.3 is 49.2 Å². The van der Waals surface area contributed by atoms with Gasteiger partial charge in [-0.05, 0) is 24.1 Å². The van der Waals surface area contributed by atoms with Gasteiger partial charge in [-0.15, -0.1) is 0 Å². The van der Waals surface area contributed by atoms with Crippen molar-refractivity contribution in [2.75, 3.05) is 27.4 Å². The predicted octanol–water partition coefficient (Wildman–Crippen LogP) is 0.307. The van der Waals surface area contributed by atoms with Gasteiger partial charge in [0.25, 0.3) is 0 Å².